The molecule has 66 valence electrons. The molecular formula is C8H9N5. The predicted molar refractivity (Wildman–Crippen MR) is 46.7 cm³/mol. The average Bonchev–Trinajstić information content (AvgIpc) is 2.71. The zero-order chi connectivity index (χ0) is 9.10. The number of aromatic nitrogens is 4. The number of hydrogen-bond donors (Lipinski definition) is 2. The van der Waals surface area contributed by atoms with Gasteiger partial charge in [0.2, 0.25) is 0 Å². The Hall–Kier alpha value is -1.75. The minimum absolute atomic E-state index is 0.306. The summed E-state index contributed by atoms with van der Waals surface area (Å²) in [5.74, 6) is 0.506. The van der Waals surface area contributed by atoms with Gasteiger partial charge < -0.3 is 5.73 Å². The zero-order valence-electron chi connectivity index (χ0n) is 6.88. The molecule has 1 aromatic carbocycles. The van der Waals surface area contributed by atoms with Crippen molar-refractivity contribution in [2.75, 3.05) is 0 Å². The summed E-state index contributed by atoms with van der Waals surface area (Å²) in [5.41, 5.74) is 6.85. The van der Waals surface area contributed by atoms with Gasteiger partial charge in [0.05, 0.1) is 6.04 Å². The van der Waals surface area contributed by atoms with Crippen molar-refractivity contribution in [1.82, 2.24) is 20.6 Å². The number of H-pyrrole nitrogens is 1. The van der Waals surface area contributed by atoms with Gasteiger partial charge in [-0.1, -0.05) is 35.5 Å². The van der Waals surface area contributed by atoms with Crippen LogP contribution in [0.3, 0.4) is 0 Å². The van der Waals surface area contributed by atoms with E-state index in [1.54, 1.807) is 0 Å². The third-order valence-corrected chi connectivity index (χ3v) is 1.80. The van der Waals surface area contributed by atoms with Crippen molar-refractivity contribution in [2.45, 2.75) is 6.04 Å². The maximum absolute atomic E-state index is 5.88. The topological polar surface area (TPSA) is 80.5 Å². The van der Waals surface area contributed by atoms with E-state index in [1.807, 2.05) is 30.3 Å². The van der Waals surface area contributed by atoms with Crippen LogP contribution in [0.25, 0.3) is 0 Å². The molecule has 0 aliphatic rings. The highest BCUT2D eigenvalue weighted by molar-refractivity contribution is 5.22. The van der Waals surface area contributed by atoms with Crippen molar-refractivity contribution < 1.29 is 0 Å². The summed E-state index contributed by atoms with van der Waals surface area (Å²) in [6.45, 7) is 0. The van der Waals surface area contributed by atoms with Gasteiger partial charge >= 0.3 is 0 Å². The van der Waals surface area contributed by atoms with Crippen molar-refractivity contribution in [1.29, 1.82) is 0 Å². The summed E-state index contributed by atoms with van der Waals surface area (Å²) in [7, 11) is 0. The van der Waals surface area contributed by atoms with E-state index in [4.69, 9.17) is 5.73 Å². The second-order valence-electron chi connectivity index (χ2n) is 2.66. The van der Waals surface area contributed by atoms with E-state index in [0.717, 1.165) is 5.56 Å². The Morgan fingerprint density at radius 1 is 1.23 bits per heavy atom. The second-order valence-corrected chi connectivity index (χ2v) is 2.66. The predicted octanol–water partition coefficient (Wildman–Crippen LogP) is 0.248. The molecule has 0 radical (unpaired) electrons. The molecule has 13 heavy (non-hydrogen) atoms. The lowest BCUT2D eigenvalue weighted by atomic mass is 10.1. The molecule has 1 atom stereocenters. The number of rotatable bonds is 2. The van der Waals surface area contributed by atoms with Crippen LogP contribution in [0.5, 0.6) is 0 Å². The molecule has 5 heteroatoms. The Kier molecular flexibility index (Phi) is 2.01. The molecule has 2 rings (SSSR count). The minimum Gasteiger partial charge on any atom is -0.318 e. The first-order chi connectivity index (χ1) is 6.38. The van der Waals surface area contributed by atoms with Gasteiger partial charge in [-0.2, -0.15) is 5.21 Å². The van der Waals surface area contributed by atoms with Crippen molar-refractivity contribution in [3.05, 3.63) is 41.7 Å². The lowest BCUT2D eigenvalue weighted by Gasteiger charge is -2.05. The number of tetrazole rings is 1. The molecule has 2 aromatic rings. The van der Waals surface area contributed by atoms with Crippen LogP contribution in [-0.2, 0) is 0 Å². The highest BCUT2D eigenvalue weighted by Crippen LogP contribution is 2.13. The Morgan fingerprint density at radius 3 is 2.62 bits per heavy atom. The Morgan fingerprint density at radius 2 is 2.00 bits per heavy atom. The summed E-state index contributed by atoms with van der Waals surface area (Å²) in [4.78, 5) is 0. The molecule has 0 fully saturated rings. The largest absolute Gasteiger partial charge is 0.318 e. The fraction of sp³-hybridized carbons (Fsp3) is 0.125. The molecule has 1 aromatic heterocycles. The van der Waals surface area contributed by atoms with Crippen molar-refractivity contribution >= 4 is 0 Å². The molecule has 0 unspecified atom stereocenters. The first kappa shape index (κ1) is 7.88. The van der Waals surface area contributed by atoms with Crippen LogP contribution in [0.4, 0.5) is 0 Å². The quantitative estimate of drug-likeness (QED) is 0.685. The Balaban J connectivity index is 2.29. The van der Waals surface area contributed by atoms with Crippen LogP contribution in [0.15, 0.2) is 30.3 Å². The lowest BCUT2D eigenvalue weighted by Crippen LogP contribution is -2.13. The van der Waals surface area contributed by atoms with Crippen LogP contribution < -0.4 is 5.73 Å². The first-order valence-corrected chi connectivity index (χ1v) is 3.92. The van der Waals surface area contributed by atoms with Gasteiger partial charge in [0, 0.05) is 0 Å². The second kappa shape index (κ2) is 3.32. The van der Waals surface area contributed by atoms with Crippen LogP contribution in [0.1, 0.15) is 17.4 Å². The number of benzene rings is 1. The average molecular weight is 175 g/mol. The molecular weight excluding hydrogens is 166 g/mol. The summed E-state index contributed by atoms with van der Waals surface area (Å²) in [6.07, 6.45) is 0. The van der Waals surface area contributed by atoms with Crippen molar-refractivity contribution in [3.8, 4) is 0 Å². The maximum Gasteiger partial charge on any atom is 0.195 e. The fourth-order valence-electron chi connectivity index (χ4n) is 1.11. The molecule has 0 spiro atoms. The molecule has 0 bridgehead atoms. The van der Waals surface area contributed by atoms with Crippen LogP contribution in [-0.4, -0.2) is 20.6 Å². The summed E-state index contributed by atoms with van der Waals surface area (Å²) >= 11 is 0. The van der Waals surface area contributed by atoms with Crippen molar-refractivity contribution in [2.24, 2.45) is 5.73 Å². The number of aromatic amines is 1. The first-order valence-electron chi connectivity index (χ1n) is 3.92. The third-order valence-electron chi connectivity index (χ3n) is 1.80. The normalized spacial score (nSPS) is 12.7. The molecule has 0 aliphatic carbocycles. The zero-order valence-corrected chi connectivity index (χ0v) is 6.88. The van der Waals surface area contributed by atoms with Crippen LogP contribution >= 0.6 is 0 Å². The molecule has 5 nitrogen and oxygen atoms in total. The van der Waals surface area contributed by atoms with Gasteiger partial charge in [0.25, 0.3) is 0 Å². The minimum atomic E-state index is -0.306. The molecule has 0 saturated carbocycles. The Bertz CT molecular complexity index is 355. The van der Waals surface area contributed by atoms with Gasteiger partial charge in [-0.15, -0.1) is 10.2 Å². The van der Waals surface area contributed by atoms with Gasteiger partial charge in [0.1, 0.15) is 0 Å². The third kappa shape index (κ3) is 1.54. The molecule has 0 amide bonds. The number of hydrogen-bond acceptors (Lipinski definition) is 4. The van der Waals surface area contributed by atoms with Gasteiger partial charge in [-0.3, -0.25) is 0 Å². The van der Waals surface area contributed by atoms with Crippen LogP contribution in [0, 0.1) is 0 Å². The van der Waals surface area contributed by atoms with E-state index >= 15 is 0 Å². The van der Waals surface area contributed by atoms with E-state index < -0.39 is 0 Å². The van der Waals surface area contributed by atoms with E-state index in [9.17, 15) is 0 Å². The molecule has 0 saturated heterocycles. The number of nitrogens with two attached hydrogens (primary N) is 1. The lowest BCUT2D eigenvalue weighted by molar-refractivity contribution is 0.785. The number of nitrogens with zero attached hydrogens (tertiary/aromatic N) is 3. The SMILES string of the molecule is N[C@@H](c1ccccc1)c1nn[nH]n1. The summed E-state index contributed by atoms with van der Waals surface area (Å²) in [5, 5.41) is 13.5. The highest BCUT2D eigenvalue weighted by atomic mass is 15.5. The number of nitrogens with one attached hydrogen (secondary N) is 1. The van der Waals surface area contributed by atoms with E-state index in [0.29, 0.717) is 5.82 Å². The van der Waals surface area contributed by atoms with E-state index in [1.165, 1.54) is 0 Å². The van der Waals surface area contributed by atoms with E-state index in [-0.39, 0.29) is 6.04 Å². The van der Waals surface area contributed by atoms with Gasteiger partial charge in [-0.05, 0) is 5.56 Å². The van der Waals surface area contributed by atoms with Gasteiger partial charge in [0.15, 0.2) is 5.82 Å². The fourth-order valence-corrected chi connectivity index (χ4v) is 1.11. The summed E-state index contributed by atoms with van der Waals surface area (Å²) < 4.78 is 0. The summed E-state index contributed by atoms with van der Waals surface area (Å²) in [6, 6.07) is 9.35. The highest BCUT2D eigenvalue weighted by Gasteiger charge is 2.11. The Labute approximate surface area is 75.0 Å². The van der Waals surface area contributed by atoms with E-state index in [2.05, 4.69) is 20.6 Å². The molecule has 3 N–H and O–H groups in total. The van der Waals surface area contributed by atoms with Crippen molar-refractivity contribution in [3.63, 3.8) is 0 Å². The van der Waals surface area contributed by atoms with Crippen LogP contribution in [0.2, 0.25) is 0 Å². The van der Waals surface area contributed by atoms with Gasteiger partial charge in [-0.25, -0.2) is 0 Å². The standard InChI is InChI=1S/C8H9N5/c9-7(8-10-12-13-11-8)6-4-2-1-3-5-6/h1-5,7H,9H2,(H,10,11,12,13)/t7-/m0/s1. The maximum atomic E-state index is 5.88. The smallest absolute Gasteiger partial charge is 0.195 e. The molecule has 1 heterocycles. The molecule has 0 aliphatic heterocycles. The monoisotopic (exact) mass is 175 g/mol.